The van der Waals surface area contributed by atoms with E-state index in [1.165, 1.54) is 0 Å². The summed E-state index contributed by atoms with van der Waals surface area (Å²) in [7, 11) is 0. The average Bonchev–Trinajstić information content (AvgIpc) is 2.72. The molecule has 0 saturated carbocycles. The molecule has 116 valence electrons. The van der Waals surface area contributed by atoms with Crippen LogP contribution >= 0.6 is 0 Å². The molecule has 0 amide bonds. The molecule has 2 rings (SSSR count). The van der Waals surface area contributed by atoms with Gasteiger partial charge in [-0.3, -0.25) is 0 Å². The van der Waals surface area contributed by atoms with E-state index in [2.05, 4.69) is 0 Å². The van der Waals surface area contributed by atoms with Crippen LogP contribution in [-0.4, -0.2) is 35.8 Å². The largest absolute Gasteiger partial charge is 0.389 e. The molecule has 1 aromatic rings. The summed E-state index contributed by atoms with van der Waals surface area (Å²) >= 11 is 0. The zero-order valence-corrected chi connectivity index (χ0v) is 12.9. The molecule has 1 fully saturated rings. The third-order valence-corrected chi connectivity index (χ3v) is 3.19. The molecule has 0 bridgehead atoms. The molecule has 1 saturated heterocycles. The Morgan fingerprint density at radius 2 is 2.00 bits per heavy atom. The number of aliphatic hydroxyl groups excluding tert-OH is 1. The van der Waals surface area contributed by atoms with Crippen molar-refractivity contribution in [2.75, 3.05) is 6.61 Å². The summed E-state index contributed by atoms with van der Waals surface area (Å²) in [5, 5.41) is 9.34. The summed E-state index contributed by atoms with van der Waals surface area (Å²) in [4.78, 5) is 0. The standard InChI is InChI=1S/C17H24O4/c1-13(18)9-10-15-16(21-17(2,3)20-15)12-19-11-14-7-5-4-6-8-14/h4-10,13,15-16,18H,11-12H2,1-3H3/b10-9-/t13-,15-,16-/m0/s1. The molecule has 1 aliphatic heterocycles. The van der Waals surface area contributed by atoms with Gasteiger partial charge in [0.25, 0.3) is 0 Å². The minimum absolute atomic E-state index is 0.168. The molecule has 4 heteroatoms. The maximum atomic E-state index is 9.34. The molecular weight excluding hydrogens is 268 g/mol. The van der Waals surface area contributed by atoms with Gasteiger partial charge in [0.15, 0.2) is 5.79 Å². The van der Waals surface area contributed by atoms with E-state index < -0.39 is 11.9 Å². The normalized spacial score (nSPS) is 26.3. The number of benzene rings is 1. The van der Waals surface area contributed by atoms with E-state index in [4.69, 9.17) is 14.2 Å². The maximum Gasteiger partial charge on any atom is 0.164 e. The van der Waals surface area contributed by atoms with Crippen molar-refractivity contribution < 1.29 is 19.3 Å². The fraction of sp³-hybridized carbons (Fsp3) is 0.529. The average molecular weight is 292 g/mol. The van der Waals surface area contributed by atoms with E-state index in [0.29, 0.717) is 13.2 Å². The van der Waals surface area contributed by atoms with Crippen LogP contribution < -0.4 is 0 Å². The van der Waals surface area contributed by atoms with Gasteiger partial charge in [0, 0.05) is 0 Å². The summed E-state index contributed by atoms with van der Waals surface area (Å²) in [6.07, 6.45) is 2.68. The van der Waals surface area contributed by atoms with Crippen LogP contribution in [0.3, 0.4) is 0 Å². The van der Waals surface area contributed by atoms with Crippen LogP contribution in [0.15, 0.2) is 42.5 Å². The summed E-state index contributed by atoms with van der Waals surface area (Å²) < 4.78 is 17.4. The van der Waals surface area contributed by atoms with Gasteiger partial charge in [0.2, 0.25) is 0 Å². The lowest BCUT2D eigenvalue weighted by Crippen LogP contribution is -2.26. The second kappa shape index (κ2) is 7.18. The minimum Gasteiger partial charge on any atom is -0.389 e. The van der Waals surface area contributed by atoms with Crippen molar-refractivity contribution in [3.63, 3.8) is 0 Å². The van der Waals surface area contributed by atoms with Gasteiger partial charge in [0.1, 0.15) is 12.2 Å². The SMILES string of the molecule is C[C@H](O)/C=C\[C@@H]1OC(C)(C)O[C@H]1COCc1ccccc1. The van der Waals surface area contributed by atoms with Crippen molar-refractivity contribution in [2.45, 2.75) is 51.5 Å². The van der Waals surface area contributed by atoms with Crippen LogP contribution in [0.1, 0.15) is 26.3 Å². The first-order valence-electron chi connectivity index (χ1n) is 7.30. The quantitative estimate of drug-likeness (QED) is 0.819. The Morgan fingerprint density at radius 1 is 1.29 bits per heavy atom. The van der Waals surface area contributed by atoms with Gasteiger partial charge in [-0.2, -0.15) is 0 Å². The Morgan fingerprint density at radius 3 is 2.67 bits per heavy atom. The highest BCUT2D eigenvalue weighted by Crippen LogP contribution is 2.29. The number of rotatable bonds is 6. The maximum absolute atomic E-state index is 9.34. The van der Waals surface area contributed by atoms with Gasteiger partial charge in [0.05, 0.1) is 19.3 Å². The number of ether oxygens (including phenoxy) is 3. The zero-order valence-electron chi connectivity index (χ0n) is 12.9. The Balaban J connectivity index is 1.87. The highest BCUT2D eigenvalue weighted by atomic mass is 16.8. The van der Waals surface area contributed by atoms with Crippen molar-refractivity contribution >= 4 is 0 Å². The summed E-state index contributed by atoms with van der Waals surface area (Å²) in [6, 6.07) is 10.0. The van der Waals surface area contributed by atoms with E-state index in [0.717, 1.165) is 5.56 Å². The number of aliphatic hydroxyl groups is 1. The van der Waals surface area contributed by atoms with Crippen molar-refractivity contribution in [3.8, 4) is 0 Å². The molecular formula is C17H24O4. The van der Waals surface area contributed by atoms with Crippen LogP contribution in [0, 0.1) is 0 Å². The molecule has 0 unspecified atom stereocenters. The first-order chi connectivity index (χ1) is 9.96. The monoisotopic (exact) mass is 292 g/mol. The minimum atomic E-state index is -0.630. The molecule has 1 aromatic carbocycles. The van der Waals surface area contributed by atoms with Crippen LogP contribution in [0.2, 0.25) is 0 Å². The Labute approximate surface area is 126 Å². The smallest absolute Gasteiger partial charge is 0.164 e. The highest BCUT2D eigenvalue weighted by Gasteiger charge is 2.39. The van der Waals surface area contributed by atoms with Crippen molar-refractivity contribution in [2.24, 2.45) is 0 Å². The molecule has 3 atom stereocenters. The van der Waals surface area contributed by atoms with Crippen LogP contribution in [-0.2, 0) is 20.8 Å². The second-order valence-electron chi connectivity index (χ2n) is 5.76. The van der Waals surface area contributed by atoms with Crippen LogP contribution in [0.4, 0.5) is 0 Å². The molecule has 0 aliphatic carbocycles. The highest BCUT2D eigenvalue weighted by molar-refractivity contribution is 5.13. The number of hydrogen-bond acceptors (Lipinski definition) is 4. The summed E-state index contributed by atoms with van der Waals surface area (Å²) in [6.45, 7) is 6.47. The van der Waals surface area contributed by atoms with Gasteiger partial charge >= 0.3 is 0 Å². The molecule has 0 aromatic heterocycles. The fourth-order valence-electron chi connectivity index (χ4n) is 2.29. The first-order valence-corrected chi connectivity index (χ1v) is 7.30. The predicted octanol–water partition coefficient (Wildman–Crippen LogP) is 2.66. The summed E-state index contributed by atoms with van der Waals surface area (Å²) in [5.74, 6) is -0.630. The molecule has 1 N–H and O–H groups in total. The van der Waals surface area contributed by atoms with E-state index in [-0.39, 0.29) is 12.2 Å². The lowest BCUT2D eigenvalue weighted by molar-refractivity contribution is -0.148. The van der Waals surface area contributed by atoms with E-state index in [9.17, 15) is 5.11 Å². The van der Waals surface area contributed by atoms with Crippen molar-refractivity contribution in [1.82, 2.24) is 0 Å². The Hall–Kier alpha value is -1.20. The second-order valence-corrected chi connectivity index (χ2v) is 5.76. The fourth-order valence-corrected chi connectivity index (χ4v) is 2.29. The lowest BCUT2D eigenvalue weighted by atomic mass is 10.2. The Bertz CT molecular complexity index is 453. The van der Waals surface area contributed by atoms with Crippen LogP contribution in [0.25, 0.3) is 0 Å². The molecule has 0 radical (unpaired) electrons. The topological polar surface area (TPSA) is 47.9 Å². The van der Waals surface area contributed by atoms with E-state index in [1.54, 1.807) is 13.0 Å². The molecule has 4 nitrogen and oxygen atoms in total. The van der Waals surface area contributed by atoms with Gasteiger partial charge < -0.3 is 19.3 Å². The van der Waals surface area contributed by atoms with Gasteiger partial charge in [-0.1, -0.05) is 42.5 Å². The van der Waals surface area contributed by atoms with Gasteiger partial charge in [-0.15, -0.1) is 0 Å². The van der Waals surface area contributed by atoms with Crippen molar-refractivity contribution in [3.05, 3.63) is 48.0 Å². The zero-order chi connectivity index (χ0) is 15.3. The Kier molecular flexibility index (Phi) is 5.53. The first kappa shape index (κ1) is 16.2. The predicted molar refractivity (Wildman–Crippen MR) is 80.7 cm³/mol. The molecule has 1 aliphatic rings. The van der Waals surface area contributed by atoms with E-state index >= 15 is 0 Å². The van der Waals surface area contributed by atoms with E-state index in [1.807, 2.05) is 50.3 Å². The molecule has 1 heterocycles. The van der Waals surface area contributed by atoms with Gasteiger partial charge in [-0.05, 0) is 26.3 Å². The third-order valence-electron chi connectivity index (χ3n) is 3.19. The van der Waals surface area contributed by atoms with Crippen molar-refractivity contribution in [1.29, 1.82) is 0 Å². The van der Waals surface area contributed by atoms with Gasteiger partial charge in [-0.25, -0.2) is 0 Å². The molecule has 21 heavy (non-hydrogen) atoms. The molecule has 0 spiro atoms. The lowest BCUT2D eigenvalue weighted by Gasteiger charge is -2.16. The third kappa shape index (κ3) is 5.25. The van der Waals surface area contributed by atoms with Crippen LogP contribution in [0.5, 0.6) is 0 Å². The summed E-state index contributed by atoms with van der Waals surface area (Å²) in [5.41, 5.74) is 1.13. The number of hydrogen-bond donors (Lipinski definition) is 1.